The molecule has 0 radical (unpaired) electrons. The zero-order chi connectivity index (χ0) is 29.4. The number of hydrogen-bond acceptors (Lipinski definition) is 4. The highest BCUT2D eigenvalue weighted by molar-refractivity contribution is 6.31. The zero-order valence-electron chi connectivity index (χ0n) is 23.1. The zero-order valence-corrected chi connectivity index (χ0v) is 23.9. The van der Waals surface area contributed by atoms with Gasteiger partial charge in [-0.3, -0.25) is 4.79 Å². The molecule has 6 rings (SSSR count). The van der Waals surface area contributed by atoms with Crippen LogP contribution in [0.4, 0.5) is 0 Å². The van der Waals surface area contributed by atoms with Gasteiger partial charge >= 0.3 is 0 Å². The van der Waals surface area contributed by atoms with Gasteiger partial charge in [0.15, 0.2) is 5.69 Å². The first-order chi connectivity index (χ1) is 21.1. The van der Waals surface area contributed by atoms with Crippen LogP contribution in [0.1, 0.15) is 21.6 Å². The van der Waals surface area contributed by atoms with E-state index in [1.54, 1.807) is 17.0 Å². The Morgan fingerprint density at radius 2 is 1.40 bits per heavy atom. The highest BCUT2D eigenvalue weighted by Gasteiger charge is 2.17. The van der Waals surface area contributed by atoms with E-state index in [0.29, 0.717) is 17.4 Å². The number of halogens is 1. The van der Waals surface area contributed by atoms with E-state index in [4.69, 9.17) is 16.3 Å². The monoisotopic (exact) mass is 582 g/mol. The van der Waals surface area contributed by atoms with E-state index in [0.717, 1.165) is 39.2 Å². The number of hydrogen-bond donors (Lipinski definition) is 1. The lowest BCUT2D eigenvalue weighted by atomic mass is 10.0. The van der Waals surface area contributed by atoms with Crippen molar-refractivity contribution >= 4 is 23.7 Å². The lowest BCUT2D eigenvalue weighted by Gasteiger charge is -2.08. The number of amides is 1. The molecule has 0 aliphatic heterocycles. The number of nitrogens with one attached hydrogen (secondary N) is 1. The fourth-order valence-electron chi connectivity index (χ4n) is 4.58. The van der Waals surface area contributed by atoms with Crippen LogP contribution in [0.3, 0.4) is 0 Å². The molecule has 0 saturated heterocycles. The van der Waals surface area contributed by atoms with E-state index in [1.807, 2.05) is 109 Å². The molecule has 5 aromatic carbocycles. The third-order valence-electron chi connectivity index (χ3n) is 6.84. The molecule has 6 nitrogen and oxygen atoms in total. The van der Waals surface area contributed by atoms with Gasteiger partial charge in [-0.05, 0) is 65.2 Å². The summed E-state index contributed by atoms with van der Waals surface area (Å²) in [5.41, 5.74) is 9.42. The Hall–Kier alpha value is -5.46. The van der Waals surface area contributed by atoms with Crippen LogP contribution in [-0.2, 0) is 6.61 Å². The molecule has 0 bridgehead atoms. The van der Waals surface area contributed by atoms with Gasteiger partial charge in [-0.2, -0.15) is 10.2 Å². The minimum Gasteiger partial charge on any atom is -0.489 e. The van der Waals surface area contributed by atoms with E-state index in [9.17, 15) is 4.79 Å². The SMILES string of the molecule is O=C(N/N=C\c1ccc(OCc2ccccc2Cl)cc1)c1cc(-c2ccc(-c3ccccc3)cc2)n(-c2ccccc2)n1. The van der Waals surface area contributed by atoms with Crippen molar-refractivity contribution in [1.82, 2.24) is 15.2 Å². The maximum atomic E-state index is 13.1. The second-order valence-corrected chi connectivity index (χ2v) is 10.2. The van der Waals surface area contributed by atoms with Crippen molar-refractivity contribution in [1.29, 1.82) is 0 Å². The Morgan fingerprint density at radius 3 is 2.12 bits per heavy atom. The van der Waals surface area contributed by atoms with E-state index in [2.05, 4.69) is 39.9 Å². The van der Waals surface area contributed by atoms with Crippen molar-refractivity contribution in [2.45, 2.75) is 6.61 Å². The van der Waals surface area contributed by atoms with E-state index >= 15 is 0 Å². The average Bonchev–Trinajstić information content (AvgIpc) is 3.52. The standard InChI is InChI=1S/C36H27ClN4O2/c37-33-14-8-7-11-30(33)25-43-32-21-15-26(16-22-32)24-38-39-36(42)34-23-35(41(40-34)31-12-5-2-6-13-31)29-19-17-28(18-20-29)27-9-3-1-4-10-27/h1-24H,25H2,(H,39,42)/b38-24-. The van der Waals surface area contributed by atoms with Crippen LogP contribution in [0.15, 0.2) is 145 Å². The summed E-state index contributed by atoms with van der Waals surface area (Å²) in [5, 5.41) is 9.45. The van der Waals surface area contributed by atoms with Crippen LogP contribution < -0.4 is 10.2 Å². The molecule has 0 unspecified atom stereocenters. The summed E-state index contributed by atoms with van der Waals surface area (Å²) >= 11 is 6.20. The van der Waals surface area contributed by atoms with Crippen LogP contribution in [-0.4, -0.2) is 21.9 Å². The first kappa shape index (κ1) is 27.7. The lowest BCUT2D eigenvalue weighted by Crippen LogP contribution is -2.18. The normalized spacial score (nSPS) is 11.0. The number of para-hydroxylation sites is 1. The predicted octanol–water partition coefficient (Wildman–Crippen LogP) is 8.20. The number of carbonyl (C=O) groups is 1. The maximum absolute atomic E-state index is 13.1. The first-order valence-corrected chi connectivity index (χ1v) is 14.1. The number of benzene rings is 5. The molecule has 0 spiro atoms. The summed E-state index contributed by atoms with van der Waals surface area (Å²) in [6.45, 7) is 0.373. The van der Waals surface area contributed by atoms with Crippen LogP contribution in [0.5, 0.6) is 5.75 Å². The number of rotatable bonds is 9. The first-order valence-electron chi connectivity index (χ1n) is 13.7. The van der Waals surface area contributed by atoms with Gasteiger partial charge in [0.1, 0.15) is 12.4 Å². The summed E-state index contributed by atoms with van der Waals surface area (Å²) in [5.74, 6) is 0.296. The van der Waals surface area contributed by atoms with Gasteiger partial charge in [0, 0.05) is 16.1 Å². The minimum atomic E-state index is -0.409. The van der Waals surface area contributed by atoms with Crippen molar-refractivity contribution in [3.8, 4) is 33.8 Å². The minimum absolute atomic E-state index is 0.256. The van der Waals surface area contributed by atoms with Gasteiger partial charge in [0.25, 0.3) is 5.91 Å². The molecular formula is C36H27ClN4O2. The van der Waals surface area contributed by atoms with Crippen molar-refractivity contribution in [3.05, 3.63) is 161 Å². The van der Waals surface area contributed by atoms with Crippen molar-refractivity contribution in [2.24, 2.45) is 5.10 Å². The molecule has 0 atom stereocenters. The maximum Gasteiger partial charge on any atom is 0.291 e. The summed E-state index contributed by atoms with van der Waals surface area (Å²) in [6.07, 6.45) is 1.58. The third kappa shape index (κ3) is 6.72. The predicted molar refractivity (Wildman–Crippen MR) is 172 cm³/mol. The summed E-state index contributed by atoms with van der Waals surface area (Å²) < 4.78 is 7.61. The Balaban J connectivity index is 1.15. The summed E-state index contributed by atoms with van der Waals surface area (Å²) in [4.78, 5) is 13.1. The van der Waals surface area contributed by atoms with Crippen LogP contribution in [0.25, 0.3) is 28.1 Å². The van der Waals surface area contributed by atoms with Crippen molar-refractivity contribution in [3.63, 3.8) is 0 Å². The topological polar surface area (TPSA) is 68.5 Å². The Bertz CT molecular complexity index is 1850. The van der Waals surface area contributed by atoms with Gasteiger partial charge in [0.05, 0.1) is 17.6 Å². The lowest BCUT2D eigenvalue weighted by molar-refractivity contribution is 0.0949. The highest BCUT2D eigenvalue weighted by Crippen LogP contribution is 2.27. The average molecular weight is 583 g/mol. The quantitative estimate of drug-likeness (QED) is 0.138. The van der Waals surface area contributed by atoms with Crippen LogP contribution in [0.2, 0.25) is 5.02 Å². The Labute approximate surface area is 254 Å². The molecule has 1 aromatic heterocycles. The fourth-order valence-corrected chi connectivity index (χ4v) is 4.77. The van der Waals surface area contributed by atoms with Crippen molar-refractivity contribution in [2.75, 3.05) is 0 Å². The highest BCUT2D eigenvalue weighted by atomic mass is 35.5. The summed E-state index contributed by atoms with van der Waals surface area (Å²) in [7, 11) is 0. The van der Waals surface area contributed by atoms with Gasteiger partial charge in [0.2, 0.25) is 0 Å². The van der Waals surface area contributed by atoms with Gasteiger partial charge in [-0.25, -0.2) is 10.1 Å². The number of aromatic nitrogens is 2. The molecule has 0 fully saturated rings. The number of hydrazone groups is 1. The van der Waals surface area contributed by atoms with Crippen LogP contribution in [0, 0.1) is 0 Å². The summed E-state index contributed by atoms with van der Waals surface area (Å²) in [6, 6.07) is 44.9. The number of carbonyl (C=O) groups excluding carboxylic acids is 1. The number of nitrogens with zero attached hydrogens (tertiary/aromatic N) is 3. The van der Waals surface area contributed by atoms with E-state index in [-0.39, 0.29) is 5.69 Å². The molecule has 43 heavy (non-hydrogen) atoms. The Kier molecular flexibility index (Phi) is 8.39. The van der Waals surface area contributed by atoms with Gasteiger partial charge in [-0.15, -0.1) is 0 Å². The molecular weight excluding hydrogens is 556 g/mol. The fraction of sp³-hybridized carbons (Fsp3) is 0.0278. The largest absolute Gasteiger partial charge is 0.489 e. The molecule has 7 heteroatoms. The van der Waals surface area contributed by atoms with E-state index in [1.165, 1.54) is 0 Å². The molecule has 1 amide bonds. The molecule has 6 aromatic rings. The third-order valence-corrected chi connectivity index (χ3v) is 7.21. The molecule has 0 aliphatic carbocycles. The Morgan fingerprint density at radius 1 is 0.767 bits per heavy atom. The molecule has 1 heterocycles. The second-order valence-electron chi connectivity index (χ2n) is 9.75. The molecule has 1 N–H and O–H groups in total. The van der Waals surface area contributed by atoms with Crippen LogP contribution >= 0.6 is 11.6 Å². The molecule has 0 saturated carbocycles. The second kappa shape index (κ2) is 13.0. The van der Waals surface area contributed by atoms with Crippen molar-refractivity contribution < 1.29 is 9.53 Å². The smallest absolute Gasteiger partial charge is 0.291 e. The van der Waals surface area contributed by atoms with Gasteiger partial charge in [-0.1, -0.05) is 103 Å². The van der Waals surface area contributed by atoms with Gasteiger partial charge < -0.3 is 4.74 Å². The number of ether oxygens (including phenoxy) is 1. The molecule has 0 aliphatic rings. The van der Waals surface area contributed by atoms with E-state index < -0.39 is 5.91 Å². The molecule has 210 valence electrons.